The summed E-state index contributed by atoms with van der Waals surface area (Å²) in [5.41, 5.74) is 3.13. The molecule has 0 radical (unpaired) electrons. The van der Waals surface area contributed by atoms with E-state index in [4.69, 9.17) is 9.26 Å². The average Bonchev–Trinajstić information content (AvgIpc) is 3.16. The molecule has 1 aromatic heterocycles. The fraction of sp³-hybridized carbons (Fsp3) is 0.273. The number of carbonyl (C=O) groups excluding carboxylic acids is 1. The SMILES string of the molecule is CN(CCCNC(=O)c1noc2c1COc1ccccc1-2)Cc1ccccc1. The van der Waals surface area contributed by atoms with Gasteiger partial charge in [-0.25, -0.2) is 0 Å². The number of carbonyl (C=O) groups is 1. The lowest BCUT2D eigenvalue weighted by atomic mass is 10.0. The number of amides is 1. The molecule has 6 nitrogen and oxygen atoms in total. The predicted molar refractivity (Wildman–Crippen MR) is 106 cm³/mol. The molecule has 0 unspecified atom stereocenters. The summed E-state index contributed by atoms with van der Waals surface area (Å²) in [7, 11) is 2.08. The Balaban J connectivity index is 1.29. The molecule has 0 bridgehead atoms. The highest BCUT2D eigenvalue weighted by Crippen LogP contribution is 2.38. The smallest absolute Gasteiger partial charge is 0.273 e. The number of para-hydroxylation sites is 1. The summed E-state index contributed by atoms with van der Waals surface area (Å²) < 4.78 is 11.2. The molecule has 0 aliphatic carbocycles. The Hall–Kier alpha value is -3.12. The first kappa shape index (κ1) is 18.3. The van der Waals surface area contributed by atoms with Crippen molar-refractivity contribution in [2.45, 2.75) is 19.6 Å². The zero-order valence-corrected chi connectivity index (χ0v) is 15.9. The van der Waals surface area contributed by atoms with Crippen molar-refractivity contribution in [3.63, 3.8) is 0 Å². The topological polar surface area (TPSA) is 67.6 Å². The molecule has 1 aliphatic rings. The minimum atomic E-state index is -0.223. The van der Waals surface area contributed by atoms with E-state index < -0.39 is 0 Å². The Morgan fingerprint density at radius 1 is 1.14 bits per heavy atom. The summed E-state index contributed by atoms with van der Waals surface area (Å²) in [6, 6.07) is 17.9. The molecule has 0 saturated heterocycles. The third kappa shape index (κ3) is 3.92. The van der Waals surface area contributed by atoms with E-state index in [2.05, 4.69) is 34.6 Å². The number of aromatic nitrogens is 1. The standard InChI is InChI=1S/C22H23N3O3/c1-25(14-16-8-3-2-4-9-16)13-7-12-23-22(26)20-18-15-27-19-11-6-5-10-17(19)21(18)28-24-20/h2-6,8-11H,7,12-15H2,1H3,(H,23,26). The van der Waals surface area contributed by atoms with Gasteiger partial charge in [0, 0.05) is 13.1 Å². The highest BCUT2D eigenvalue weighted by Gasteiger charge is 2.28. The summed E-state index contributed by atoms with van der Waals surface area (Å²) in [6.07, 6.45) is 0.856. The first-order chi connectivity index (χ1) is 13.7. The van der Waals surface area contributed by atoms with Gasteiger partial charge < -0.3 is 19.5 Å². The first-order valence-electron chi connectivity index (χ1n) is 9.44. The first-order valence-corrected chi connectivity index (χ1v) is 9.44. The van der Waals surface area contributed by atoms with E-state index in [1.165, 1.54) is 5.56 Å². The van der Waals surface area contributed by atoms with Crippen LogP contribution in [0.15, 0.2) is 59.1 Å². The van der Waals surface area contributed by atoms with Crippen LogP contribution in [-0.2, 0) is 13.2 Å². The van der Waals surface area contributed by atoms with Crippen molar-refractivity contribution in [3.8, 4) is 17.1 Å². The molecule has 2 aromatic carbocycles. The predicted octanol–water partition coefficient (Wildman–Crippen LogP) is 3.49. The van der Waals surface area contributed by atoms with Gasteiger partial charge in [-0.3, -0.25) is 4.79 Å². The van der Waals surface area contributed by atoms with Gasteiger partial charge in [0.1, 0.15) is 12.4 Å². The van der Waals surface area contributed by atoms with Crippen LogP contribution in [0, 0.1) is 0 Å². The molecule has 1 N–H and O–H groups in total. The molecule has 0 saturated carbocycles. The Bertz CT molecular complexity index is 953. The largest absolute Gasteiger partial charge is 0.488 e. The molecule has 6 heteroatoms. The molecular weight excluding hydrogens is 354 g/mol. The minimum absolute atomic E-state index is 0.223. The fourth-order valence-corrected chi connectivity index (χ4v) is 3.37. The van der Waals surface area contributed by atoms with Crippen LogP contribution >= 0.6 is 0 Å². The van der Waals surface area contributed by atoms with Crippen molar-refractivity contribution < 1.29 is 14.1 Å². The molecule has 2 heterocycles. The van der Waals surface area contributed by atoms with Gasteiger partial charge in [-0.15, -0.1) is 0 Å². The number of fused-ring (bicyclic) bond motifs is 3. The number of hydrogen-bond acceptors (Lipinski definition) is 5. The van der Waals surface area contributed by atoms with Gasteiger partial charge in [-0.2, -0.15) is 0 Å². The van der Waals surface area contributed by atoms with Crippen molar-refractivity contribution in [1.82, 2.24) is 15.4 Å². The maximum atomic E-state index is 12.5. The molecular formula is C22H23N3O3. The number of hydrogen-bond donors (Lipinski definition) is 1. The van der Waals surface area contributed by atoms with Gasteiger partial charge in [0.25, 0.3) is 5.91 Å². The van der Waals surface area contributed by atoms with Gasteiger partial charge in [0.2, 0.25) is 0 Å². The highest BCUT2D eigenvalue weighted by molar-refractivity contribution is 5.95. The number of benzene rings is 2. The van der Waals surface area contributed by atoms with E-state index in [1.54, 1.807) is 0 Å². The molecule has 0 atom stereocenters. The number of ether oxygens (including phenoxy) is 1. The van der Waals surface area contributed by atoms with Crippen molar-refractivity contribution in [3.05, 3.63) is 71.4 Å². The van der Waals surface area contributed by atoms with E-state index in [1.807, 2.05) is 42.5 Å². The van der Waals surface area contributed by atoms with E-state index >= 15 is 0 Å². The van der Waals surface area contributed by atoms with Crippen LogP contribution in [0.2, 0.25) is 0 Å². The Kier molecular flexibility index (Phi) is 5.39. The summed E-state index contributed by atoms with van der Waals surface area (Å²) in [5.74, 6) is 1.15. The fourth-order valence-electron chi connectivity index (χ4n) is 3.37. The van der Waals surface area contributed by atoms with Gasteiger partial charge in [-0.1, -0.05) is 47.6 Å². The summed E-state index contributed by atoms with van der Waals surface area (Å²) >= 11 is 0. The summed E-state index contributed by atoms with van der Waals surface area (Å²) in [6.45, 7) is 2.65. The number of rotatable bonds is 7. The zero-order chi connectivity index (χ0) is 19.3. The van der Waals surface area contributed by atoms with Crippen LogP contribution in [0.25, 0.3) is 11.3 Å². The maximum Gasteiger partial charge on any atom is 0.273 e. The number of nitrogens with zero attached hydrogens (tertiary/aromatic N) is 2. The van der Waals surface area contributed by atoms with Crippen LogP contribution in [0.5, 0.6) is 5.75 Å². The second kappa shape index (κ2) is 8.27. The van der Waals surface area contributed by atoms with Gasteiger partial charge in [0.05, 0.1) is 11.1 Å². The van der Waals surface area contributed by atoms with Gasteiger partial charge >= 0.3 is 0 Å². The van der Waals surface area contributed by atoms with Crippen molar-refractivity contribution in [2.24, 2.45) is 0 Å². The Labute approximate surface area is 164 Å². The molecule has 1 aliphatic heterocycles. The molecule has 0 fully saturated rings. The van der Waals surface area contributed by atoms with E-state index in [-0.39, 0.29) is 5.91 Å². The monoisotopic (exact) mass is 377 g/mol. The second-order valence-electron chi connectivity index (χ2n) is 6.96. The maximum absolute atomic E-state index is 12.5. The normalized spacial score (nSPS) is 12.2. The molecule has 0 spiro atoms. The molecule has 144 valence electrons. The lowest BCUT2D eigenvalue weighted by molar-refractivity contribution is 0.0941. The Morgan fingerprint density at radius 2 is 1.93 bits per heavy atom. The van der Waals surface area contributed by atoms with Crippen molar-refractivity contribution >= 4 is 5.91 Å². The zero-order valence-electron chi connectivity index (χ0n) is 15.9. The average molecular weight is 377 g/mol. The van der Waals surface area contributed by atoms with Crippen LogP contribution in [0.1, 0.15) is 28.0 Å². The third-order valence-electron chi connectivity index (χ3n) is 4.80. The molecule has 1 amide bonds. The lowest BCUT2D eigenvalue weighted by Gasteiger charge is -2.17. The van der Waals surface area contributed by atoms with Gasteiger partial charge in [-0.05, 0) is 37.7 Å². The summed E-state index contributed by atoms with van der Waals surface area (Å²) in [5, 5.41) is 6.92. The second-order valence-corrected chi connectivity index (χ2v) is 6.96. The molecule has 4 rings (SSSR count). The van der Waals surface area contributed by atoms with Crippen LogP contribution in [0.4, 0.5) is 0 Å². The Morgan fingerprint density at radius 3 is 2.79 bits per heavy atom. The third-order valence-corrected chi connectivity index (χ3v) is 4.80. The molecule has 28 heavy (non-hydrogen) atoms. The minimum Gasteiger partial charge on any atom is -0.488 e. The van der Waals surface area contributed by atoms with E-state index in [0.717, 1.165) is 30.8 Å². The van der Waals surface area contributed by atoms with E-state index in [9.17, 15) is 4.79 Å². The van der Waals surface area contributed by atoms with E-state index in [0.29, 0.717) is 30.2 Å². The number of nitrogens with one attached hydrogen (secondary N) is 1. The van der Waals surface area contributed by atoms with Crippen LogP contribution in [-0.4, -0.2) is 36.1 Å². The molecule has 3 aromatic rings. The quantitative estimate of drug-likeness (QED) is 0.639. The highest BCUT2D eigenvalue weighted by atomic mass is 16.5. The van der Waals surface area contributed by atoms with Crippen molar-refractivity contribution in [1.29, 1.82) is 0 Å². The van der Waals surface area contributed by atoms with Crippen LogP contribution < -0.4 is 10.1 Å². The van der Waals surface area contributed by atoms with Gasteiger partial charge in [0.15, 0.2) is 11.5 Å². The summed E-state index contributed by atoms with van der Waals surface area (Å²) in [4.78, 5) is 14.8. The van der Waals surface area contributed by atoms with Crippen molar-refractivity contribution in [2.75, 3.05) is 20.1 Å². The lowest BCUT2D eigenvalue weighted by Crippen LogP contribution is -2.29. The van der Waals surface area contributed by atoms with Crippen LogP contribution in [0.3, 0.4) is 0 Å².